The molecule has 0 unspecified atom stereocenters. The fraction of sp³-hybridized carbons (Fsp3) is 0.211. The maximum absolute atomic E-state index is 13.0. The lowest BCUT2D eigenvalue weighted by Gasteiger charge is -2.15. The molecule has 11 heteroatoms. The zero-order chi connectivity index (χ0) is 21.2. The van der Waals surface area contributed by atoms with E-state index in [9.17, 15) is 18.0 Å². The molecule has 0 spiro atoms. The van der Waals surface area contributed by atoms with Crippen LogP contribution in [0.5, 0.6) is 0 Å². The highest BCUT2D eigenvalue weighted by molar-refractivity contribution is 7.59. The maximum Gasteiger partial charge on any atom is 0.416 e. The van der Waals surface area contributed by atoms with Crippen molar-refractivity contribution in [1.82, 2.24) is 25.1 Å². The Balaban J connectivity index is 0.00000320. The number of nitrogens with one attached hydrogen (secondary N) is 1. The molecular formula is C19H17F3N6OS. The second-order valence-corrected chi connectivity index (χ2v) is 6.33. The zero-order valence-electron chi connectivity index (χ0n) is 15.9. The van der Waals surface area contributed by atoms with Crippen LogP contribution in [0.15, 0.2) is 42.9 Å². The molecule has 2 aromatic heterocycles. The average molecular weight is 434 g/mol. The molecule has 7 nitrogen and oxygen atoms in total. The molecule has 0 fully saturated rings. The zero-order valence-corrected chi connectivity index (χ0v) is 16.9. The number of alkyl halides is 3. The van der Waals surface area contributed by atoms with E-state index in [4.69, 9.17) is 5.26 Å². The molecule has 0 bridgehead atoms. The Morgan fingerprint density at radius 3 is 2.57 bits per heavy atom. The van der Waals surface area contributed by atoms with Gasteiger partial charge in [-0.2, -0.15) is 41.7 Å². The Bertz CT molecular complexity index is 1090. The van der Waals surface area contributed by atoms with E-state index in [0.717, 1.165) is 12.1 Å². The molecule has 0 saturated carbocycles. The minimum absolute atomic E-state index is 0. The van der Waals surface area contributed by atoms with Crippen LogP contribution < -0.4 is 5.32 Å². The van der Waals surface area contributed by atoms with Crippen LogP contribution in [0, 0.1) is 18.3 Å². The first-order valence-corrected chi connectivity index (χ1v) is 8.45. The van der Waals surface area contributed by atoms with Gasteiger partial charge in [-0.3, -0.25) is 4.79 Å². The van der Waals surface area contributed by atoms with Gasteiger partial charge in [0.05, 0.1) is 17.2 Å². The normalized spacial score (nSPS) is 11.9. The predicted molar refractivity (Wildman–Crippen MR) is 106 cm³/mol. The molecule has 1 atom stereocenters. The summed E-state index contributed by atoms with van der Waals surface area (Å²) in [6.07, 6.45) is -1.91. The van der Waals surface area contributed by atoms with E-state index in [0.29, 0.717) is 22.8 Å². The molecular weight excluding hydrogens is 417 g/mol. The number of carbonyl (C=O) groups excluding carboxylic acids is 1. The van der Waals surface area contributed by atoms with Gasteiger partial charge in [-0.1, -0.05) is 0 Å². The van der Waals surface area contributed by atoms with Crippen LogP contribution in [0.2, 0.25) is 0 Å². The first-order chi connectivity index (χ1) is 13.7. The van der Waals surface area contributed by atoms with Gasteiger partial charge in [0.25, 0.3) is 5.91 Å². The van der Waals surface area contributed by atoms with Crippen LogP contribution in [-0.2, 0) is 6.18 Å². The van der Waals surface area contributed by atoms with Crippen LogP contribution in [-0.4, -0.2) is 25.7 Å². The Labute approximate surface area is 177 Å². The fourth-order valence-electron chi connectivity index (χ4n) is 2.72. The summed E-state index contributed by atoms with van der Waals surface area (Å²) >= 11 is 0. The van der Waals surface area contributed by atoms with E-state index in [2.05, 4.69) is 20.4 Å². The van der Waals surface area contributed by atoms with E-state index < -0.39 is 23.7 Å². The Hall–Kier alpha value is -3.39. The van der Waals surface area contributed by atoms with Crippen LogP contribution in [0.4, 0.5) is 13.2 Å². The van der Waals surface area contributed by atoms with Gasteiger partial charge in [0.2, 0.25) is 0 Å². The van der Waals surface area contributed by atoms with E-state index in [-0.39, 0.29) is 19.1 Å². The SMILES string of the molecule is Cc1cc(C(=O)N[C@@H](C)c2ncnn2-c2ccc(C#N)cn2)cc(C(F)(F)F)c1.S. The van der Waals surface area contributed by atoms with E-state index in [1.807, 2.05) is 6.07 Å². The summed E-state index contributed by atoms with van der Waals surface area (Å²) in [5.41, 5.74) is -0.300. The number of amides is 1. The minimum atomic E-state index is -4.55. The number of nitrogens with zero attached hydrogens (tertiary/aromatic N) is 5. The third kappa shape index (κ3) is 4.96. The lowest BCUT2D eigenvalue weighted by Crippen LogP contribution is -2.29. The van der Waals surface area contributed by atoms with Crippen molar-refractivity contribution in [2.75, 3.05) is 0 Å². The highest BCUT2D eigenvalue weighted by Crippen LogP contribution is 2.30. The lowest BCUT2D eigenvalue weighted by molar-refractivity contribution is -0.137. The number of benzene rings is 1. The van der Waals surface area contributed by atoms with Crippen molar-refractivity contribution in [3.63, 3.8) is 0 Å². The van der Waals surface area contributed by atoms with E-state index >= 15 is 0 Å². The van der Waals surface area contributed by atoms with Crippen molar-refractivity contribution in [2.45, 2.75) is 26.1 Å². The van der Waals surface area contributed by atoms with Crippen molar-refractivity contribution in [3.8, 4) is 11.9 Å². The van der Waals surface area contributed by atoms with Gasteiger partial charge < -0.3 is 5.32 Å². The van der Waals surface area contributed by atoms with Crippen LogP contribution in [0.25, 0.3) is 5.82 Å². The van der Waals surface area contributed by atoms with Crippen LogP contribution in [0.1, 0.15) is 45.8 Å². The van der Waals surface area contributed by atoms with Crippen molar-refractivity contribution in [1.29, 1.82) is 5.26 Å². The van der Waals surface area contributed by atoms with Crippen molar-refractivity contribution >= 4 is 19.4 Å². The number of hydrogen-bond acceptors (Lipinski definition) is 5. The first kappa shape index (κ1) is 22.9. The number of nitriles is 1. The summed E-state index contributed by atoms with van der Waals surface area (Å²) in [5, 5.41) is 15.5. The minimum Gasteiger partial charge on any atom is -0.342 e. The first-order valence-electron chi connectivity index (χ1n) is 8.45. The summed E-state index contributed by atoms with van der Waals surface area (Å²) in [4.78, 5) is 20.8. The largest absolute Gasteiger partial charge is 0.416 e. The molecule has 3 aromatic rings. The van der Waals surface area contributed by atoms with Gasteiger partial charge in [-0.25, -0.2) is 9.97 Å². The van der Waals surface area contributed by atoms with E-state index in [1.165, 1.54) is 30.2 Å². The number of aromatic nitrogens is 4. The summed E-state index contributed by atoms with van der Waals surface area (Å²) in [6.45, 7) is 3.12. The highest BCUT2D eigenvalue weighted by Gasteiger charge is 2.31. The Morgan fingerprint density at radius 2 is 1.97 bits per heavy atom. The third-order valence-corrected chi connectivity index (χ3v) is 4.07. The molecule has 0 aliphatic heterocycles. The fourth-order valence-corrected chi connectivity index (χ4v) is 2.72. The lowest BCUT2D eigenvalue weighted by atomic mass is 10.1. The molecule has 1 aromatic carbocycles. The maximum atomic E-state index is 13.0. The van der Waals surface area contributed by atoms with Crippen LogP contribution >= 0.6 is 13.5 Å². The second kappa shape index (κ2) is 8.96. The summed E-state index contributed by atoms with van der Waals surface area (Å²) in [6, 6.07) is 7.58. The van der Waals surface area contributed by atoms with Crippen molar-refractivity contribution < 1.29 is 18.0 Å². The smallest absolute Gasteiger partial charge is 0.342 e. The molecule has 30 heavy (non-hydrogen) atoms. The molecule has 2 heterocycles. The highest BCUT2D eigenvalue weighted by atomic mass is 32.1. The molecule has 3 rings (SSSR count). The topological polar surface area (TPSA) is 96.5 Å². The summed E-state index contributed by atoms with van der Waals surface area (Å²) < 4.78 is 40.4. The standard InChI is InChI=1S/C19H15F3N6O.H2S/c1-11-5-14(7-15(6-11)19(20,21)22)18(29)27-12(2)17-25-10-26-28(17)16-4-3-13(8-23)9-24-16;/h3-7,9-10,12H,1-2H3,(H,27,29);1H2/t12-;/m0./s1. The molecule has 1 N–H and O–H groups in total. The van der Waals surface area contributed by atoms with Gasteiger partial charge in [0.1, 0.15) is 12.4 Å². The molecule has 1 amide bonds. The van der Waals surface area contributed by atoms with E-state index in [1.54, 1.807) is 19.1 Å². The monoisotopic (exact) mass is 434 g/mol. The number of rotatable bonds is 4. The van der Waals surface area contributed by atoms with Gasteiger partial charge in [-0.15, -0.1) is 0 Å². The Kier molecular flexibility index (Phi) is 6.84. The van der Waals surface area contributed by atoms with Gasteiger partial charge in [0.15, 0.2) is 11.6 Å². The predicted octanol–water partition coefficient (Wildman–Crippen LogP) is 3.47. The number of aryl methyl sites for hydroxylation is 1. The van der Waals surface area contributed by atoms with Crippen molar-refractivity contribution in [3.05, 3.63) is 70.9 Å². The van der Waals surface area contributed by atoms with Crippen molar-refractivity contribution in [2.24, 2.45) is 0 Å². The molecule has 0 saturated heterocycles. The molecule has 0 aliphatic carbocycles. The number of pyridine rings is 1. The van der Waals surface area contributed by atoms with Crippen LogP contribution in [0.3, 0.4) is 0 Å². The third-order valence-electron chi connectivity index (χ3n) is 4.07. The number of hydrogen-bond donors (Lipinski definition) is 1. The number of carbonyl (C=O) groups is 1. The van der Waals surface area contributed by atoms with Gasteiger partial charge >= 0.3 is 6.18 Å². The summed E-state index contributed by atoms with van der Waals surface area (Å²) in [5.74, 6) is 0.0424. The molecule has 0 aliphatic rings. The number of halogens is 3. The van der Waals surface area contributed by atoms with Gasteiger partial charge in [-0.05, 0) is 49.7 Å². The second-order valence-electron chi connectivity index (χ2n) is 6.33. The molecule has 156 valence electrons. The quantitative estimate of drug-likeness (QED) is 0.678. The summed E-state index contributed by atoms with van der Waals surface area (Å²) in [7, 11) is 0. The Morgan fingerprint density at radius 1 is 1.23 bits per heavy atom. The molecule has 0 radical (unpaired) electrons. The van der Waals surface area contributed by atoms with Gasteiger partial charge in [0, 0.05) is 11.8 Å². The average Bonchev–Trinajstić information content (AvgIpc) is 3.17.